The number of rotatable bonds is 13. The van der Waals surface area contributed by atoms with Crippen LogP contribution in [0.5, 0.6) is 0 Å². The first-order chi connectivity index (χ1) is 10.2. The van der Waals surface area contributed by atoms with E-state index in [0.717, 1.165) is 12.8 Å². The second-order valence-electron chi connectivity index (χ2n) is 4.07. The molecule has 0 spiro atoms. The van der Waals surface area contributed by atoms with Crippen molar-refractivity contribution < 1.29 is 34.3 Å². The van der Waals surface area contributed by atoms with Crippen LogP contribution in [-0.2, 0) is 19.0 Å². The summed E-state index contributed by atoms with van der Waals surface area (Å²) in [6, 6.07) is 0. The maximum absolute atomic E-state index is 10.7. The van der Waals surface area contributed by atoms with Crippen LogP contribution >= 0.6 is 0 Å². The number of esters is 1. The largest absolute Gasteiger partial charge is 0.466 e. The van der Waals surface area contributed by atoms with Crippen molar-refractivity contribution in [2.75, 3.05) is 52.9 Å². The monoisotopic (exact) mass is 310 g/mol. The highest BCUT2D eigenvalue weighted by Gasteiger charge is 1.99. The van der Waals surface area contributed by atoms with Gasteiger partial charge >= 0.3 is 5.97 Å². The van der Waals surface area contributed by atoms with Gasteiger partial charge in [-0.05, 0) is 12.8 Å². The van der Waals surface area contributed by atoms with Crippen LogP contribution in [0.15, 0.2) is 0 Å². The number of hydrogen-bond acceptors (Lipinski definition) is 7. The first kappa shape index (κ1) is 22.5. The normalized spacial score (nSPS) is 9.90. The van der Waals surface area contributed by atoms with E-state index in [2.05, 4.69) is 0 Å². The van der Waals surface area contributed by atoms with Gasteiger partial charge in [-0.1, -0.05) is 13.3 Å². The molecular formula is C14H30O7. The number of carbonyl (C=O) groups excluding carboxylic acids is 1. The fourth-order valence-corrected chi connectivity index (χ4v) is 1.08. The van der Waals surface area contributed by atoms with E-state index in [9.17, 15) is 4.79 Å². The molecule has 0 aromatic heterocycles. The summed E-state index contributed by atoms with van der Waals surface area (Å²) in [4.78, 5) is 10.7. The van der Waals surface area contributed by atoms with Gasteiger partial charge in [0.25, 0.3) is 0 Å². The van der Waals surface area contributed by atoms with E-state index < -0.39 is 0 Å². The highest BCUT2D eigenvalue weighted by molar-refractivity contribution is 5.69. The molecule has 0 saturated heterocycles. The second-order valence-corrected chi connectivity index (χ2v) is 4.07. The predicted octanol–water partition coefficient (Wildman–Crippen LogP) is 0.106. The molecule has 0 aliphatic carbocycles. The van der Waals surface area contributed by atoms with Crippen LogP contribution < -0.4 is 0 Å². The third-order valence-corrected chi connectivity index (χ3v) is 2.14. The quantitative estimate of drug-likeness (QED) is 0.327. The average Bonchev–Trinajstić information content (AvgIpc) is 2.50. The van der Waals surface area contributed by atoms with E-state index in [-0.39, 0.29) is 25.8 Å². The molecule has 0 atom stereocenters. The van der Waals surface area contributed by atoms with Crippen LogP contribution in [0.3, 0.4) is 0 Å². The molecule has 7 nitrogen and oxygen atoms in total. The molecule has 0 heterocycles. The standard InChI is InChI=1S/C8H16O3.C6H14O4/c1-2-3-7-11-8(10)5-4-6-9;7-1-3-9-5-6-10-4-2-8/h9H,2-7H2,1H3;7-8H,1-6H2. The van der Waals surface area contributed by atoms with Gasteiger partial charge in [0.05, 0.1) is 46.2 Å². The van der Waals surface area contributed by atoms with Crippen molar-refractivity contribution in [3.8, 4) is 0 Å². The second kappa shape index (κ2) is 21.6. The average molecular weight is 310 g/mol. The summed E-state index contributed by atoms with van der Waals surface area (Å²) >= 11 is 0. The van der Waals surface area contributed by atoms with Gasteiger partial charge in [0.1, 0.15) is 0 Å². The van der Waals surface area contributed by atoms with Gasteiger partial charge in [-0.3, -0.25) is 4.79 Å². The lowest BCUT2D eigenvalue weighted by atomic mass is 10.3. The Morgan fingerprint density at radius 2 is 1.38 bits per heavy atom. The van der Waals surface area contributed by atoms with Crippen molar-refractivity contribution >= 4 is 5.97 Å². The lowest BCUT2D eigenvalue weighted by Crippen LogP contribution is -2.09. The Bertz CT molecular complexity index is 192. The summed E-state index contributed by atoms with van der Waals surface area (Å²) in [6.07, 6.45) is 2.79. The van der Waals surface area contributed by atoms with Crippen LogP contribution in [0.2, 0.25) is 0 Å². The Kier molecular flexibility index (Phi) is 23.2. The van der Waals surface area contributed by atoms with Gasteiger partial charge in [0.15, 0.2) is 0 Å². The van der Waals surface area contributed by atoms with Gasteiger partial charge in [-0.2, -0.15) is 0 Å². The summed E-state index contributed by atoms with van der Waals surface area (Å²) in [5.41, 5.74) is 0. The number of aliphatic hydroxyl groups is 3. The number of unbranched alkanes of at least 4 members (excludes halogenated alkanes) is 1. The molecule has 0 aromatic rings. The topological polar surface area (TPSA) is 105 Å². The molecular weight excluding hydrogens is 280 g/mol. The van der Waals surface area contributed by atoms with Gasteiger partial charge in [0.2, 0.25) is 0 Å². The lowest BCUT2D eigenvalue weighted by molar-refractivity contribution is -0.144. The third-order valence-electron chi connectivity index (χ3n) is 2.14. The number of ether oxygens (including phenoxy) is 3. The minimum Gasteiger partial charge on any atom is -0.466 e. The van der Waals surface area contributed by atoms with Crippen molar-refractivity contribution in [2.24, 2.45) is 0 Å². The zero-order valence-electron chi connectivity index (χ0n) is 13.0. The zero-order chi connectivity index (χ0) is 16.2. The molecule has 0 saturated carbocycles. The van der Waals surface area contributed by atoms with E-state index >= 15 is 0 Å². The Morgan fingerprint density at radius 1 is 0.810 bits per heavy atom. The summed E-state index contributed by atoms with van der Waals surface area (Å²) in [6.45, 7) is 4.34. The van der Waals surface area contributed by atoms with Crippen molar-refractivity contribution in [3.05, 3.63) is 0 Å². The molecule has 0 rings (SSSR count). The van der Waals surface area contributed by atoms with E-state index in [0.29, 0.717) is 45.9 Å². The van der Waals surface area contributed by atoms with E-state index in [1.807, 2.05) is 6.92 Å². The molecule has 0 bridgehead atoms. The molecule has 0 aliphatic rings. The highest BCUT2D eigenvalue weighted by Crippen LogP contribution is 1.94. The molecule has 0 radical (unpaired) electrons. The van der Waals surface area contributed by atoms with Gasteiger partial charge in [-0.15, -0.1) is 0 Å². The van der Waals surface area contributed by atoms with Crippen molar-refractivity contribution in [1.29, 1.82) is 0 Å². The van der Waals surface area contributed by atoms with Crippen molar-refractivity contribution in [3.63, 3.8) is 0 Å². The molecule has 0 fully saturated rings. The zero-order valence-corrected chi connectivity index (χ0v) is 13.0. The van der Waals surface area contributed by atoms with Crippen LogP contribution in [0, 0.1) is 0 Å². The molecule has 0 amide bonds. The molecule has 0 aromatic carbocycles. The molecule has 0 unspecified atom stereocenters. The Balaban J connectivity index is 0. The lowest BCUT2D eigenvalue weighted by Gasteiger charge is -2.01. The minimum atomic E-state index is -0.201. The van der Waals surface area contributed by atoms with Crippen LogP contribution in [0.4, 0.5) is 0 Å². The predicted molar refractivity (Wildman–Crippen MR) is 78.0 cm³/mol. The summed E-state index contributed by atoms with van der Waals surface area (Å²) in [7, 11) is 0. The molecule has 21 heavy (non-hydrogen) atoms. The summed E-state index contributed by atoms with van der Waals surface area (Å²) < 4.78 is 14.6. The van der Waals surface area contributed by atoms with Crippen molar-refractivity contribution in [1.82, 2.24) is 0 Å². The Hall–Kier alpha value is -0.730. The fourth-order valence-electron chi connectivity index (χ4n) is 1.08. The first-order valence-corrected chi connectivity index (χ1v) is 7.36. The molecule has 128 valence electrons. The highest BCUT2D eigenvalue weighted by atomic mass is 16.5. The van der Waals surface area contributed by atoms with E-state index in [1.165, 1.54) is 0 Å². The number of hydrogen-bond donors (Lipinski definition) is 3. The van der Waals surface area contributed by atoms with Crippen molar-refractivity contribution in [2.45, 2.75) is 32.6 Å². The number of aliphatic hydroxyl groups excluding tert-OH is 3. The Labute approximate surface area is 126 Å². The number of carbonyl (C=O) groups is 1. The summed E-state index contributed by atoms with van der Waals surface area (Å²) in [5.74, 6) is -0.201. The summed E-state index contributed by atoms with van der Waals surface area (Å²) in [5, 5.41) is 24.9. The minimum absolute atomic E-state index is 0.0417. The van der Waals surface area contributed by atoms with Gasteiger partial charge < -0.3 is 29.5 Å². The van der Waals surface area contributed by atoms with Crippen LogP contribution in [0.1, 0.15) is 32.6 Å². The SMILES string of the molecule is CCCCOC(=O)CCCO.OCCOCCOCCO. The van der Waals surface area contributed by atoms with Crippen LogP contribution in [-0.4, -0.2) is 74.1 Å². The van der Waals surface area contributed by atoms with E-state index in [4.69, 9.17) is 29.5 Å². The molecule has 3 N–H and O–H groups in total. The fraction of sp³-hybridized carbons (Fsp3) is 0.929. The van der Waals surface area contributed by atoms with Gasteiger partial charge in [-0.25, -0.2) is 0 Å². The molecule has 0 aliphatic heterocycles. The first-order valence-electron chi connectivity index (χ1n) is 7.36. The maximum atomic E-state index is 10.7. The third kappa shape index (κ3) is 24.6. The van der Waals surface area contributed by atoms with E-state index in [1.54, 1.807) is 0 Å². The van der Waals surface area contributed by atoms with Gasteiger partial charge in [0, 0.05) is 13.0 Å². The maximum Gasteiger partial charge on any atom is 0.305 e. The smallest absolute Gasteiger partial charge is 0.305 e. The Morgan fingerprint density at radius 3 is 1.81 bits per heavy atom. The van der Waals surface area contributed by atoms with Crippen LogP contribution in [0.25, 0.3) is 0 Å². The molecule has 7 heteroatoms.